The standard InChI is InChI=1S/C21H17F3N4O2/c1-14-3-2-11-25-18(14)10-12-28-20(29)27-13-16(6-9-19(27)26-28)15-4-7-17(8-5-15)30-21(22,23)24/h2-9,11,13H,10,12H2,1H3. The third-order valence-electron chi connectivity index (χ3n) is 4.68. The molecule has 4 rings (SSSR count). The monoisotopic (exact) mass is 414 g/mol. The summed E-state index contributed by atoms with van der Waals surface area (Å²) >= 11 is 0. The van der Waals surface area contributed by atoms with Crippen LogP contribution in [0.4, 0.5) is 13.2 Å². The van der Waals surface area contributed by atoms with Crippen molar-refractivity contribution in [1.29, 1.82) is 0 Å². The lowest BCUT2D eigenvalue weighted by Gasteiger charge is -2.09. The van der Waals surface area contributed by atoms with Gasteiger partial charge in [0.2, 0.25) is 0 Å². The number of pyridine rings is 2. The quantitative estimate of drug-likeness (QED) is 0.495. The predicted molar refractivity (Wildman–Crippen MR) is 104 cm³/mol. The number of halogens is 3. The van der Waals surface area contributed by atoms with Gasteiger partial charge in [0.05, 0.1) is 6.54 Å². The van der Waals surface area contributed by atoms with Crippen molar-refractivity contribution in [2.24, 2.45) is 0 Å². The maximum absolute atomic E-state index is 12.7. The van der Waals surface area contributed by atoms with Gasteiger partial charge in [-0.1, -0.05) is 18.2 Å². The Labute approximate surface area is 169 Å². The molecule has 0 spiro atoms. The summed E-state index contributed by atoms with van der Waals surface area (Å²) in [5, 5.41) is 4.34. The van der Waals surface area contributed by atoms with E-state index in [-0.39, 0.29) is 11.4 Å². The van der Waals surface area contributed by atoms with Gasteiger partial charge < -0.3 is 4.74 Å². The number of alkyl halides is 3. The Morgan fingerprint density at radius 3 is 2.47 bits per heavy atom. The Hall–Kier alpha value is -3.62. The molecule has 0 saturated carbocycles. The van der Waals surface area contributed by atoms with Crippen molar-refractivity contribution in [3.8, 4) is 16.9 Å². The highest BCUT2D eigenvalue weighted by molar-refractivity contribution is 5.65. The van der Waals surface area contributed by atoms with E-state index in [4.69, 9.17) is 0 Å². The maximum Gasteiger partial charge on any atom is 0.573 e. The van der Waals surface area contributed by atoms with Gasteiger partial charge in [-0.15, -0.1) is 18.3 Å². The smallest absolute Gasteiger partial charge is 0.406 e. The van der Waals surface area contributed by atoms with Crippen LogP contribution in [-0.2, 0) is 13.0 Å². The largest absolute Gasteiger partial charge is 0.573 e. The van der Waals surface area contributed by atoms with E-state index in [0.717, 1.165) is 11.3 Å². The van der Waals surface area contributed by atoms with Crippen LogP contribution in [0.2, 0.25) is 0 Å². The van der Waals surface area contributed by atoms with Crippen molar-refractivity contribution < 1.29 is 17.9 Å². The fraction of sp³-hybridized carbons (Fsp3) is 0.190. The minimum atomic E-state index is -4.74. The van der Waals surface area contributed by atoms with Gasteiger partial charge in [-0.3, -0.25) is 4.98 Å². The van der Waals surface area contributed by atoms with Crippen LogP contribution in [0.25, 0.3) is 16.8 Å². The molecule has 0 amide bonds. The molecular weight excluding hydrogens is 397 g/mol. The van der Waals surface area contributed by atoms with Gasteiger partial charge in [-0.25, -0.2) is 13.9 Å². The highest BCUT2D eigenvalue weighted by atomic mass is 19.4. The second-order valence-electron chi connectivity index (χ2n) is 6.74. The minimum Gasteiger partial charge on any atom is -0.406 e. The van der Waals surface area contributed by atoms with E-state index < -0.39 is 6.36 Å². The van der Waals surface area contributed by atoms with Crippen LogP contribution in [0, 0.1) is 6.92 Å². The zero-order valence-electron chi connectivity index (χ0n) is 15.9. The zero-order valence-corrected chi connectivity index (χ0v) is 15.9. The molecule has 3 heterocycles. The summed E-state index contributed by atoms with van der Waals surface area (Å²) in [6.07, 6.45) is -0.834. The van der Waals surface area contributed by atoms with Crippen LogP contribution < -0.4 is 10.4 Å². The van der Waals surface area contributed by atoms with Crippen molar-refractivity contribution >= 4 is 5.65 Å². The number of hydrogen-bond acceptors (Lipinski definition) is 4. The molecule has 0 fully saturated rings. The van der Waals surface area contributed by atoms with Gasteiger partial charge in [0, 0.05) is 24.5 Å². The van der Waals surface area contributed by atoms with Gasteiger partial charge in [0.15, 0.2) is 5.65 Å². The summed E-state index contributed by atoms with van der Waals surface area (Å²) in [6.45, 7) is 2.35. The minimum absolute atomic E-state index is 0.294. The summed E-state index contributed by atoms with van der Waals surface area (Å²) in [6, 6.07) is 12.7. The van der Waals surface area contributed by atoms with Crippen LogP contribution >= 0.6 is 0 Å². The first kappa shape index (κ1) is 19.7. The molecule has 9 heteroatoms. The number of aromatic nitrogens is 4. The average Bonchev–Trinajstić information content (AvgIpc) is 3.02. The number of hydrogen-bond donors (Lipinski definition) is 0. The first-order valence-electron chi connectivity index (χ1n) is 9.16. The summed E-state index contributed by atoms with van der Waals surface area (Å²) in [5.41, 5.74) is 3.47. The van der Waals surface area contributed by atoms with E-state index in [0.29, 0.717) is 29.7 Å². The molecule has 0 bridgehead atoms. The molecule has 0 aliphatic heterocycles. The van der Waals surface area contributed by atoms with Crippen molar-refractivity contribution in [2.75, 3.05) is 0 Å². The summed E-state index contributed by atoms with van der Waals surface area (Å²) in [5.74, 6) is -0.304. The highest BCUT2D eigenvalue weighted by Crippen LogP contribution is 2.26. The lowest BCUT2D eigenvalue weighted by Crippen LogP contribution is -2.22. The third kappa shape index (κ3) is 4.19. The Bertz CT molecular complexity index is 1240. The van der Waals surface area contributed by atoms with Gasteiger partial charge >= 0.3 is 12.1 Å². The number of ether oxygens (including phenoxy) is 1. The molecule has 154 valence electrons. The molecule has 6 nitrogen and oxygen atoms in total. The predicted octanol–water partition coefficient (Wildman–Crippen LogP) is 4.01. The lowest BCUT2D eigenvalue weighted by atomic mass is 10.1. The van der Waals surface area contributed by atoms with E-state index in [1.54, 1.807) is 24.5 Å². The van der Waals surface area contributed by atoms with Crippen LogP contribution in [0.5, 0.6) is 5.75 Å². The Morgan fingerprint density at radius 1 is 1.03 bits per heavy atom. The summed E-state index contributed by atoms with van der Waals surface area (Å²) in [7, 11) is 0. The summed E-state index contributed by atoms with van der Waals surface area (Å²) < 4.78 is 43.6. The Morgan fingerprint density at radius 2 is 1.77 bits per heavy atom. The average molecular weight is 414 g/mol. The molecule has 0 N–H and O–H groups in total. The maximum atomic E-state index is 12.7. The molecule has 0 aliphatic carbocycles. The first-order valence-corrected chi connectivity index (χ1v) is 9.16. The van der Waals surface area contributed by atoms with Gasteiger partial charge in [-0.2, -0.15) is 0 Å². The second-order valence-corrected chi connectivity index (χ2v) is 6.74. The molecule has 0 radical (unpaired) electrons. The summed E-state index contributed by atoms with van der Waals surface area (Å²) in [4.78, 5) is 17.1. The normalized spacial score (nSPS) is 11.7. The zero-order chi connectivity index (χ0) is 21.3. The SMILES string of the molecule is Cc1cccnc1CCn1nc2ccc(-c3ccc(OC(F)(F)F)cc3)cn2c1=O. The fourth-order valence-corrected chi connectivity index (χ4v) is 3.18. The van der Waals surface area contributed by atoms with Crippen LogP contribution in [-0.4, -0.2) is 25.5 Å². The molecule has 0 unspecified atom stereocenters. The van der Waals surface area contributed by atoms with E-state index in [9.17, 15) is 18.0 Å². The van der Waals surface area contributed by atoms with Crippen LogP contribution in [0.15, 0.2) is 65.7 Å². The number of nitrogens with zero attached hydrogens (tertiary/aromatic N) is 4. The van der Waals surface area contributed by atoms with Gasteiger partial charge in [0.25, 0.3) is 0 Å². The molecule has 0 atom stereocenters. The van der Waals surface area contributed by atoms with Crippen molar-refractivity contribution in [3.63, 3.8) is 0 Å². The van der Waals surface area contributed by atoms with Crippen molar-refractivity contribution in [3.05, 3.63) is 82.7 Å². The number of fused-ring (bicyclic) bond motifs is 1. The van der Waals surface area contributed by atoms with Gasteiger partial charge in [-0.05, 0) is 53.9 Å². The Kier molecular flexibility index (Phi) is 5.03. The number of rotatable bonds is 5. The van der Waals surface area contributed by atoms with Crippen LogP contribution in [0.1, 0.15) is 11.3 Å². The van der Waals surface area contributed by atoms with Gasteiger partial charge in [0.1, 0.15) is 5.75 Å². The third-order valence-corrected chi connectivity index (χ3v) is 4.68. The highest BCUT2D eigenvalue weighted by Gasteiger charge is 2.30. The van der Waals surface area contributed by atoms with E-state index in [1.807, 2.05) is 19.1 Å². The molecule has 4 aromatic rings. The molecule has 0 saturated heterocycles. The topological polar surface area (TPSA) is 61.4 Å². The second kappa shape index (κ2) is 7.66. The number of benzene rings is 1. The van der Waals surface area contributed by atoms with Crippen molar-refractivity contribution in [2.45, 2.75) is 26.3 Å². The van der Waals surface area contributed by atoms with E-state index >= 15 is 0 Å². The van der Waals surface area contributed by atoms with E-state index in [1.165, 1.54) is 33.3 Å². The van der Waals surface area contributed by atoms with Crippen LogP contribution in [0.3, 0.4) is 0 Å². The van der Waals surface area contributed by atoms with E-state index in [2.05, 4.69) is 14.8 Å². The molecule has 30 heavy (non-hydrogen) atoms. The lowest BCUT2D eigenvalue weighted by molar-refractivity contribution is -0.274. The van der Waals surface area contributed by atoms with Crippen molar-refractivity contribution in [1.82, 2.24) is 19.2 Å². The molecular formula is C21H17F3N4O2. The first-order chi connectivity index (χ1) is 14.3. The molecule has 1 aromatic carbocycles. The molecule has 0 aliphatic rings. The Balaban J connectivity index is 1.58. The fourth-order valence-electron chi connectivity index (χ4n) is 3.18. The molecule has 3 aromatic heterocycles. The number of aryl methyl sites for hydroxylation is 3.